The highest BCUT2D eigenvalue weighted by atomic mass is 35.5. The lowest BCUT2D eigenvalue weighted by Gasteiger charge is -2.18. The van der Waals surface area contributed by atoms with Crippen molar-refractivity contribution in [2.24, 2.45) is 0 Å². The molecule has 1 atom stereocenters. The van der Waals surface area contributed by atoms with Crippen LogP contribution in [-0.2, 0) is 9.53 Å². The monoisotopic (exact) mass is 392 g/mol. The Kier molecular flexibility index (Phi) is 10.2. The summed E-state index contributed by atoms with van der Waals surface area (Å²) >= 11 is 13.5. The minimum Gasteiger partial charge on any atom is -0.385 e. The van der Waals surface area contributed by atoms with E-state index >= 15 is 0 Å². The molecule has 0 aromatic heterocycles. The van der Waals surface area contributed by atoms with Gasteiger partial charge in [0.2, 0.25) is 5.91 Å². The van der Waals surface area contributed by atoms with Crippen molar-refractivity contribution >= 4 is 46.8 Å². The highest BCUT2D eigenvalue weighted by Gasteiger charge is 2.22. The van der Waals surface area contributed by atoms with Gasteiger partial charge in [0.05, 0.1) is 10.6 Å². The van der Waals surface area contributed by atoms with Gasteiger partial charge in [-0.2, -0.15) is 11.8 Å². The molecule has 2 amide bonds. The predicted octanol–water partition coefficient (Wildman–Crippen LogP) is 3.00. The molecule has 0 aliphatic rings. The number of nitrogens with one attached hydrogen (secondary N) is 2. The molecule has 1 aromatic carbocycles. The van der Waals surface area contributed by atoms with Crippen LogP contribution in [0.15, 0.2) is 18.2 Å². The van der Waals surface area contributed by atoms with E-state index in [4.69, 9.17) is 27.9 Å². The number of amides is 2. The molecule has 2 N–H and O–H groups in total. The van der Waals surface area contributed by atoms with E-state index in [1.54, 1.807) is 31.0 Å². The van der Waals surface area contributed by atoms with Gasteiger partial charge in [-0.05, 0) is 43.0 Å². The maximum atomic E-state index is 12.4. The van der Waals surface area contributed by atoms with Crippen LogP contribution in [0.1, 0.15) is 23.2 Å². The fourth-order valence-electron chi connectivity index (χ4n) is 1.97. The van der Waals surface area contributed by atoms with Crippen LogP contribution >= 0.6 is 35.0 Å². The molecule has 24 heavy (non-hydrogen) atoms. The number of benzene rings is 1. The number of thioether (sulfide) groups is 1. The smallest absolute Gasteiger partial charge is 0.253 e. The molecule has 0 heterocycles. The summed E-state index contributed by atoms with van der Waals surface area (Å²) in [7, 11) is 1.61. The van der Waals surface area contributed by atoms with Gasteiger partial charge < -0.3 is 15.4 Å². The molecule has 0 radical (unpaired) electrons. The maximum absolute atomic E-state index is 12.4. The molecule has 0 aliphatic heterocycles. The van der Waals surface area contributed by atoms with Gasteiger partial charge in [-0.3, -0.25) is 9.59 Å². The number of hydrogen-bond donors (Lipinski definition) is 2. The number of carbonyl (C=O) groups excluding carboxylic acids is 2. The molecule has 0 saturated heterocycles. The largest absolute Gasteiger partial charge is 0.385 e. The molecular formula is C16H22Cl2N2O3S. The molecule has 1 aromatic rings. The summed E-state index contributed by atoms with van der Waals surface area (Å²) < 4.78 is 4.94. The number of ether oxygens (including phenoxy) is 1. The first-order valence-corrected chi connectivity index (χ1v) is 9.66. The zero-order valence-corrected chi connectivity index (χ0v) is 16.1. The predicted molar refractivity (Wildman–Crippen MR) is 100 cm³/mol. The van der Waals surface area contributed by atoms with E-state index < -0.39 is 11.9 Å². The van der Waals surface area contributed by atoms with Crippen LogP contribution < -0.4 is 10.6 Å². The molecule has 0 aliphatic carbocycles. The van der Waals surface area contributed by atoms with Crippen LogP contribution in [0, 0.1) is 0 Å². The summed E-state index contributed by atoms with van der Waals surface area (Å²) in [5.41, 5.74) is 0.294. The summed E-state index contributed by atoms with van der Waals surface area (Å²) in [6, 6.07) is 4.02. The average molecular weight is 393 g/mol. The number of methoxy groups -OCH3 is 1. The third-order valence-corrected chi connectivity index (χ3v) is 4.42. The Morgan fingerprint density at radius 2 is 2.08 bits per heavy atom. The third-order valence-electron chi connectivity index (χ3n) is 3.23. The third kappa shape index (κ3) is 7.30. The van der Waals surface area contributed by atoms with Crippen LogP contribution in [0.2, 0.25) is 10.0 Å². The first kappa shape index (κ1) is 21.1. The van der Waals surface area contributed by atoms with Gasteiger partial charge in [0.1, 0.15) is 6.04 Å². The SMILES string of the molecule is COCCCNC(=O)C(CCSC)NC(=O)c1ccc(Cl)cc1Cl. The minimum atomic E-state index is -0.612. The summed E-state index contributed by atoms with van der Waals surface area (Å²) in [6.45, 7) is 1.07. The topological polar surface area (TPSA) is 67.4 Å². The van der Waals surface area contributed by atoms with Gasteiger partial charge >= 0.3 is 0 Å². The fraction of sp³-hybridized carbons (Fsp3) is 0.500. The maximum Gasteiger partial charge on any atom is 0.253 e. The lowest BCUT2D eigenvalue weighted by molar-refractivity contribution is -0.123. The zero-order chi connectivity index (χ0) is 17.9. The van der Waals surface area contributed by atoms with Gasteiger partial charge in [-0.25, -0.2) is 0 Å². The minimum absolute atomic E-state index is 0.210. The average Bonchev–Trinajstić information content (AvgIpc) is 2.55. The second-order valence-electron chi connectivity index (χ2n) is 5.07. The second kappa shape index (κ2) is 11.6. The summed E-state index contributed by atoms with van der Waals surface area (Å²) in [6.07, 6.45) is 3.20. The van der Waals surface area contributed by atoms with E-state index in [2.05, 4.69) is 10.6 Å². The van der Waals surface area contributed by atoms with Crippen molar-refractivity contribution in [1.29, 1.82) is 0 Å². The van der Waals surface area contributed by atoms with Gasteiger partial charge in [0.25, 0.3) is 5.91 Å². The molecule has 1 unspecified atom stereocenters. The Balaban J connectivity index is 2.69. The summed E-state index contributed by atoms with van der Waals surface area (Å²) in [4.78, 5) is 24.7. The van der Waals surface area contributed by atoms with Crippen LogP contribution in [0.3, 0.4) is 0 Å². The van der Waals surface area contributed by atoms with Crippen LogP contribution in [0.25, 0.3) is 0 Å². The van der Waals surface area contributed by atoms with E-state index in [0.29, 0.717) is 36.6 Å². The number of halogens is 2. The number of hydrogen-bond acceptors (Lipinski definition) is 4. The van der Waals surface area contributed by atoms with Crippen molar-refractivity contribution in [3.8, 4) is 0 Å². The van der Waals surface area contributed by atoms with Crippen molar-refractivity contribution in [3.05, 3.63) is 33.8 Å². The van der Waals surface area contributed by atoms with Crippen molar-refractivity contribution < 1.29 is 14.3 Å². The van der Waals surface area contributed by atoms with Crippen molar-refractivity contribution in [1.82, 2.24) is 10.6 Å². The van der Waals surface area contributed by atoms with E-state index in [9.17, 15) is 9.59 Å². The number of rotatable bonds is 10. The molecule has 1 rings (SSSR count). The molecule has 0 fully saturated rings. The molecule has 0 bridgehead atoms. The Hall–Kier alpha value is -0.950. The lowest BCUT2D eigenvalue weighted by atomic mass is 10.1. The first-order chi connectivity index (χ1) is 11.5. The van der Waals surface area contributed by atoms with Gasteiger partial charge in [-0.1, -0.05) is 23.2 Å². The zero-order valence-electron chi connectivity index (χ0n) is 13.7. The quantitative estimate of drug-likeness (QED) is 0.600. The van der Waals surface area contributed by atoms with Crippen LogP contribution in [0.5, 0.6) is 0 Å². The molecule has 0 spiro atoms. The molecule has 8 heteroatoms. The molecule has 0 saturated carbocycles. The Bertz CT molecular complexity index is 558. The van der Waals surface area contributed by atoms with E-state index in [0.717, 1.165) is 5.75 Å². The van der Waals surface area contributed by atoms with E-state index in [1.807, 2.05) is 6.26 Å². The molecule has 5 nitrogen and oxygen atoms in total. The van der Waals surface area contributed by atoms with Crippen LogP contribution in [-0.4, -0.2) is 50.1 Å². The Morgan fingerprint density at radius 1 is 1.33 bits per heavy atom. The van der Waals surface area contributed by atoms with E-state index in [-0.39, 0.29) is 10.9 Å². The normalized spacial score (nSPS) is 11.8. The van der Waals surface area contributed by atoms with E-state index in [1.165, 1.54) is 6.07 Å². The fourth-order valence-corrected chi connectivity index (χ4v) is 2.93. The summed E-state index contributed by atoms with van der Waals surface area (Å²) in [5.74, 6) is 0.151. The van der Waals surface area contributed by atoms with Crippen molar-refractivity contribution in [2.45, 2.75) is 18.9 Å². The first-order valence-electron chi connectivity index (χ1n) is 7.51. The van der Waals surface area contributed by atoms with Gasteiger partial charge in [0.15, 0.2) is 0 Å². The number of carbonyl (C=O) groups is 2. The van der Waals surface area contributed by atoms with Gasteiger partial charge in [-0.15, -0.1) is 0 Å². The van der Waals surface area contributed by atoms with Gasteiger partial charge in [0, 0.05) is 25.3 Å². The standard InChI is InChI=1S/C16H22Cl2N2O3S/c1-23-8-3-7-19-16(22)14(6-9-24-2)20-15(21)12-5-4-11(17)10-13(12)18/h4-5,10,14H,3,6-9H2,1-2H3,(H,19,22)(H,20,21). The molecule has 134 valence electrons. The highest BCUT2D eigenvalue weighted by Crippen LogP contribution is 2.21. The Labute approximate surface area is 156 Å². The second-order valence-corrected chi connectivity index (χ2v) is 6.90. The van der Waals surface area contributed by atoms with Crippen molar-refractivity contribution in [2.75, 3.05) is 32.3 Å². The summed E-state index contributed by atoms with van der Waals surface area (Å²) in [5, 5.41) is 6.26. The Morgan fingerprint density at radius 3 is 2.71 bits per heavy atom. The highest BCUT2D eigenvalue weighted by molar-refractivity contribution is 7.98. The lowest BCUT2D eigenvalue weighted by Crippen LogP contribution is -2.47. The van der Waals surface area contributed by atoms with Crippen LogP contribution in [0.4, 0.5) is 0 Å². The molecular weight excluding hydrogens is 371 g/mol. The van der Waals surface area contributed by atoms with Crippen molar-refractivity contribution in [3.63, 3.8) is 0 Å².